The maximum absolute atomic E-state index is 12.2. The van der Waals surface area contributed by atoms with Gasteiger partial charge in [-0.25, -0.2) is 12.7 Å². The minimum Gasteiger partial charge on any atom is -0.355 e. The number of benzene rings is 1. The van der Waals surface area contributed by atoms with Crippen LogP contribution in [-0.4, -0.2) is 45.0 Å². The lowest BCUT2D eigenvalue weighted by Crippen LogP contribution is -2.34. The summed E-state index contributed by atoms with van der Waals surface area (Å²) in [5, 5.41) is 5.20. The SMILES string of the molecule is CC(=O)NCCNC(=O)c1cc(N2C(=O)CCS2(=O)=O)ccc1Cl. The number of amides is 3. The first-order chi connectivity index (χ1) is 11.2. The minimum absolute atomic E-state index is 0.0480. The van der Waals surface area contributed by atoms with Gasteiger partial charge in [-0.1, -0.05) is 11.6 Å². The first kappa shape index (κ1) is 18.2. The summed E-state index contributed by atoms with van der Waals surface area (Å²) in [6.07, 6.45) is -0.0940. The van der Waals surface area contributed by atoms with Gasteiger partial charge in [-0.2, -0.15) is 0 Å². The molecule has 2 N–H and O–H groups in total. The molecule has 0 aromatic heterocycles. The topological polar surface area (TPSA) is 113 Å². The number of hydrogen-bond acceptors (Lipinski definition) is 5. The van der Waals surface area contributed by atoms with Gasteiger partial charge in [0, 0.05) is 26.4 Å². The molecule has 2 rings (SSSR count). The Morgan fingerprint density at radius 2 is 1.92 bits per heavy atom. The van der Waals surface area contributed by atoms with E-state index in [4.69, 9.17) is 11.6 Å². The Morgan fingerprint density at radius 1 is 1.25 bits per heavy atom. The van der Waals surface area contributed by atoms with Crippen LogP contribution in [-0.2, 0) is 19.6 Å². The Morgan fingerprint density at radius 3 is 2.50 bits per heavy atom. The van der Waals surface area contributed by atoms with Crippen molar-refractivity contribution in [1.29, 1.82) is 0 Å². The van der Waals surface area contributed by atoms with E-state index in [1.807, 2.05) is 0 Å². The van der Waals surface area contributed by atoms with Crippen LogP contribution in [0.4, 0.5) is 5.69 Å². The molecule has 0 bridgehead atoms. The molecule has 0 atom stereocenters. The summed E-state index contributed by atoms with van der Waals surface area (Å²) in [6, 6.07) is 3.99. The van der Waals surface area contributed by atoms with Gasteiger partial charge in [-0.3, -0.25) is 14.4 Å². The van der Waals surface area contributed by atoms with Crippen LogP contribution in [0, 0.1) is 0 Å². The second kappa shape index (κ2) is 7.18. The highest BCUT2D eigenvalue weighted by Gasteiger charge is 2.36. The molecule has 0 spiro atoms. The predicted octanol–water partition coefficient (Wildman–Crippen LogP) is 0.272. The lowest BCUT2D eigenvalue weighted by molar-refractivity contribution is -0.119. The molecule has 1 aliphatic heterocycles. The van der Waals surface area contributed by atoms with Crippen molar-refractivity contribution in [2.75, 3.05) is 23.1 Å². The fraction of sp³-hybridized carbons (Fsp3) is 0.357. The van der Waals surface area contributed by atoms with Crippen LogP contribution in [0.1, 0.15) is 23.7 Å². The highest BCUT2D eigenvalue weighted by Crippen LogP contribution is 2.29. The van der Waals surface area contributed by atoms with E-state index >= 15 is 0 Å². The molecule has 1 saturated heterocycles. The Kier molecular flexibility index (Phi) is 5.45. The Balaban J connectivity index is 2.18. The predicted molar refractivity (Wildman–Crippen MR) is 88.4 cm³/mol. The lowest BCUT2D eigenvalue weighted by atomic mass is 10.2. The van der Waals surface area contributed by atoms with Crippen LogP contribution in [0.3, 0.4) is 0 Å². The average Bonchev–Trinajstić information content (AvgIpc) is 2.77. The first-order valence-electron chi connectivity index (χ1n) is 7.10. The zero-order chi connectivity index (χ0) is 17.9. The molecular weight excluding hydrogens is 358 g/mol. The van der Waals surface area contributed by atoms with Crippen LogP contribution >= 0.6 is 11.6 Å². The molecule has 10 heteroatoms. The first-order valence-corrected chi connectivity index (χ1v) is 9.09. The number of sulfonamides is 1. The largest absolute Gasteiger partial charge is 0.355 e. The molecule has 24 heavy (non-hydrogen) atoms. The van der Waals surface area contributed by atoms with Crippen molar-refractivity contribution >= 4 is 45.0 Å². The molecule has 1 fully saturated rings. The number of rotatable bonds is 5. The molecule has 0 unspecified atom stereocenters. The van der Waals surface area contributed by atoms with Crippen molar-refractivity contribution in [1.82, 2.24) is 10.6 Å². The van der Waals surface area contributed by atoms with Crippen molar-refractivity contribution in [2.24, 2.45) is 0 Å². The van der Waals surface area contributed by atoms with E-state index in [2.05, 4.69) is 10.6 Å². The van der Waals surface area contributed by atoms with Crippen molar-refractivity contribution in [3.63, 3.8) is 0 Å². The molecule has 0 saturated carbocycles. The second-order valence-electron chi connectivity index (χ2n) is 5.13. The lowest BCUT2D eigenvalue weighted by Gasteiger charge is -2.16. The standard InChI is InChI=1S/C14H16ClN3O5S/c1-9(19)16-5-6-17-14(21)11-8-10(2-3-12(11)15)18-13(20)4-7-24(18,22)23/h2-3,8H,4-7H2,1H3,(H,16,19)(H,17,21). The van der Waals surface area contributed by atoms with E-state index in [1.54, 1.807) is 0 Å². The third-order valence-electron chi connectivity index (χ3n) is 3.29. The third kappa shape index (κ3) is 4.04. The van der Waals surface area contributed by atoms with Gasteiger partial charge in [0.15, 0.2) is 0 Å². The summed E-state index contributed by atoms with van der Waals surface area (Å²) in [7, 11) is -3.71. The summed E-state index contributed by atoms with van der Waals surface area (Å²) in [4.78, 5) is 34.7. The fourth-order valence-electron chi connectivity index (χ4n) is 2.19. The maximum atomic E-state index is 12.2. The van der Waals surface area contributed by atoms with Gasteiger partial charge in [0.1, 0.15) is 0 Å². The van der Waals surface area contributed by atoms with Gasteiger partial charge in [-0.15, -0.1) is 0 Å². The zero-order valence-electron chi connectivity index (χ0n) is 12.8. The Labute approximate surface area is 144 Å². The summed E-state index contributed by atoms with van der Waals surface area (Å²) in [5.41, 5.74) is 0.126. The number of anilines is 1. The summed E-state index contributed by atoms with van der Waals surface area (Å²) in [6.45, 7) is 1.78. The monoisotopic (exact) mass is 373 g/mol. The molecule has 8 nitrogen and oxygen atoms in total. The highest BCUT2D eigenvalue weighted by atomic mass is 35.5. The van der Waals surface area contributed by atoms with Crippen molar-refractivity contribution in [3.8, 4) is 0 Å². The van der Waals surface area contributed by atoms with Crippen molar-refractivity contribution in [2.45, 2.75) is 13.3 Å². The van der Waals surface area contributed by atoms with Gasteiger partial charge in [0.25, 0.3) is 5.91 Å². The van der Waals surface area contributed by atoms with Crippen LogP contribution in [0.2, 0.25) is 5.02 Å². The molecule has 130 valence electrons. The van der Waals surface area contributed by atoms with Crippen LogP contribution in [0.25, 0.3) is 0 Å². The van der Waals surface area contributed by atoms with Crippen LogP contribution in [0.5, 0.6) is 0 Å². The molecule has 0 aliphatic carbocycles. The molecule has 3 amide bonds. The van der Waals surface area contributed by atoms with E-state index in [0.29, 0.717) is 4.31 Å². The van der Waals surface area contributed by atoms with Gasteiger partial charge in [0.05, 0.1) is 22.0 Å². The minimum atomic E-state index is -3.71. The Bertz CT molecular complexity index is 794. The van der Waals surface area contributed by atoms with Gasteiger partial charge >= 0.3 is 0 Å². The average molecular weight is 374 g/mol. The number of halogens is 1. The number of nitrogens with one attached hydrogen (secondary N) is 2. The van der Waals surface area contributed by atoms with E-state index in [0.717, 1.165) is 0 Å². The summed E-state index contributed by atoms with van der Waals surface area (Å²) >= 11 is 5.99. The Hall–Kier alpha value is -2.13. The smallest absolute Gasteiger partial charge is 0.252 e. The van der Waals surface area contributed by atoms with Gasteiger partial charge in [-0.05, 0) is 18.2 Å². The molecule has 1 aromatic carbocycles. The van der Waals surface area contributed by atoms with E-state index < -0.39 is 21.8 Å². The normalized spacial score (nSPS) is 16.1. The van der Waals surface area contributed by atoms with Crippen LogP contribution < -0.4 is 14.9 Å². The number of carbonyl (C=O) groups is 3. The van der Waals surface area contributed by atoms with Crippen LogP contribution in [0.15, 0.2) is 18.2 Å². The van der Waals surface area contributed by atoms with Crippen molar-refractivity contribution in [3.05, 3.63) is 28.8 Å². The van der Waals surface area contributed by atoms with Gasteiger partial charge in [0.2, 0.25) is 21.8 Å². The van der Waals surface area contributed by atoms with E-state index in [-0.39, 0.29) is 47.4 Å². The summed E-state index contributed by atoms with van der Waals surface area (Å²) in [5.74, 6) is -1.56. The fourth-order valence-corrected chi connectivity index (χ4v) is 3.85. The number of hydrogen-bond donors (Lipinski definition) is 2. The molecule has 0 radical (unpaired) electrons. The molecule has 1 aromatic rings. The number of nitrogens with zero attached hydrogens (tertiary/aromatic N) is 1. The maximum Gasteiger partial charge on any atom is 0.252 e. The highest BCUT2D eigenvalue weighted by molar-refractivity contribution is 7.94. The van der Waals surface area contributed by atoms with E-state index in [1.165, 1.54) is 25.1 Å². The second-order valence-corrected chi connectivity index (χ2v) is 7.47. The molecule has 1 aliphatic rings. The van der Waals surface area contributed by atoms with Gasteiger partial charge < -0.3 is 10.6 Å². The van der Waals surface area contributed by atoms with Crippen molar-refractivity contribution < 1.29 is 22.8 Å². The summed E-state index contributed by atoms with van der Waals surface area (Å²) < 4.78 is 24.6. The zero-order valence-corrected chi connectivity index (χ0v) is 14.4. The number of carbonyl (C=O) groups excluding carboxylic acids is 3. The van der Waals surface area contributed by atoms with E-state index in [9.17, 15) is 22.8 Å². The quantitative estimate of drug-likeness (QED) is 0.719. The molecule has 1 heterocycles. The third-order valence-corrected chi connectivity index (χ3v) is 5.31. The molecular formula is C14H16ClN3O5S.